The molecule has 1 aromatic carbocycles. The molecule has 0 aromatic heterocycles. The minimum Gasteiger partial charge on any atom is -0.497 e. The molecule has 0 unspecified atom stereocenters. The summed E-state index contributed by atoms with van der Waals surface area (Å²) in [5.74, 6) is 0.0232. The average Bonchev–Trinajstić information content (AvgIpc) is 2.55. The molecule has 1 heterocycles. The van der Waals surface area contributed by atoms with Gasteiger partial charge in [0.15, 0.2) is 0 Å². The fourth-order valence-electron chi connectivity index (χ4n) is 2.17. The minimum atomic E-state index is -2.22. The maximum atomic E-state index is 12.3. The third kappa shape index (κ3) is 2.19. The summed E-state index contributed by atoms with van der Waals surface area (Å²) in [6, 6.07) is 5.35. The summed E-state index contributed by atoms with van der Waals surface area (Å²) in [4.78, 5) is 27.8. The van der Waals surface area contributed by atoms with Gasteiger partial charge in [0, 0.05) is 12.5 Å². The van der Waals surface area contributed by atoms with Crippen LogP contribution in [0.1, 0.15) is 17.3 Å². The summed E-state index contributed by atoms with van der Waals surface area (Å²) in [6.07, 6.45) is 0. The van der Waals surface area contributed by atoms with Gasteiger partial charge in [-0.15, -0.1) is 0 Å². The molecule has 0 radical (unpaired) electrons. The number of methoxy groups -OCH3 is 1. The van der Waals surface area contributed by atoms with E-state index in [0.717, 1.165) is 5.19 Å². The highest BCUT2D eigenvalue weighted by Crippen LogP contribution is 2.24. The summed E-state index contributed by atoms with van der Waals surface area (Å²) < 4.78 is 5.19. The number of carbonyl (C=O) groups excluding carboxylic acids is 2. The van der Waals surface area contributed by atoms with Gasteiger partial charge in [0.05, 0.1) is 7.11 Å². The van der Waals surface area contributed by atoms with E-state index in [4.69, 9.17) is 4.74 Å². The quantitative estimate of drug-likeness (QED) is 0.464. The van der Waals surface area contributed by atoms with Crippen molar-refractivity contribution in [1.29, 1.82) is 0 Å². The fourth-order valence-corrected chi connectivity index (χ4v) is 4.77. The highest BCUT2D eigenvalue weighted by Gasteiger charge is 2.45. The Morgan fingerprint density at radius 3 is 2.58 bits per heavy atom. The summed E-state index contributed by atoms with van der Waals surface area (Å²) in [5, 5.41) is 5.09. The Bertz CT molecular complexity index is 592. The van der Waals surface area contributed by atoms with Gasteiger partial charge in [-0.1, -0.05) is 18.2 Å². The Kier molecular flexibility index (Phi) is 3.28. The first-order valence-corrected chi connectivity index (χ1v) is 8.87. The maximum absolute atomic E-state index is 12.3. The largest absolute Gasteiger partial charge is 0.497 e. The third-order valence-corrected chi connectivity index (χ3v) is 6.48. The minimum absolute atomic E-state index is 0.157. The van der Waals surface area contributed by atoms with Gasteiger partial charge in [0.2, 0.25) is 5.78 Å². The number of fused-ring (bicyclic) bond motifs is 1. The summed E-state index contributed by atoms with van der Waals surface area (Å²) in [6.45, 7) is 5.26. The molecule has 0 bridgehead atoms. The molecule has 0 amide bonds. The molecule has 100 valence electrons. The van der Waals surface area contributed by atoms with Crippen LogP contribution in [0.25, 0.3) is 0 Å². The molecular weight excluding hydrogens is 262 g/mol. The highest BCUT2D eigenvalue weighted by molar-refractivity contribution is 7.24. The van der Waals surface area contributed by atoms with Crippen molar-refractivity contribution in [2.45, 2.75) is 20.0 Å². The highest BCUT2D eigenvalue weighted by atomic mass is 28.3. The van der Waals surface area contributed by atoms with Gasteiger partial charge in [-0.05, 0) is 23.4 Å². The number of nitrogens with zero attached hydrogens (tertiary/aromatic N) is 1. The Morgan fingerprint density at radius 2 is 2.00 bits per heavy atom. The van der Waals surface area contributed by atoms with Gasteiger partial charge in [-0.3, -0.25) is 4.79 Å². The van der Waals surface area contributed by atoms with Crippen LogP contribution in [0.15, 0.2) is 23.4 Å². The Balaban J connectivity index is 2.52. The Hall–Kier alpha value is -1.95. The van der Waals surface area contributed by atoms with Crippen LogP contribution in [-0.2, 0) is 9.63 Å². The molecule has 1 aromatic rings. The van der Waals surface area contributed by atoms with Crippen molar-refractivity contribution in [2.24, 2.45) is 5.16 Å². The van der Waals surface area contributed by atoms with Crippen LogP contribution in [0.2, 0.25) is 13.1 Å². The molecule has 0 atom stereocenters. The van der Waals surface area contributed by atoms with E-state index < -0.39 is 14.0 Å². The van der Waals surface area contributed by atoms with E-state index in [-0.39, 0.29) is 5.78 Å². The van der Waals surface area contributed by atoms with Crippen molar-refractivity contribution in [3.05, 3.63) is 23.8 Å². The second kappa shape index (κ2) is 4.62. The van der Waals surface area contributed by atoms with Crippen LogP contribution < -0.4 is 9.92 Å². The summed E-state index contributed by atoms with van der Waals surface area (Å²) in [5.41, 5.74) is 0.628. The lowest BCUT2D eigenvalue weighted by Gasteiger charge is -2.16. The zero-order valence-corrected chi connectivity index (χ0v) is 12.3. The van der Waals surface area contributed by atoms with Crippen LogP contribution in [0.3, 0.4) is 0 Å². The first-order valence-electron chi connectivity index (χ1n) is 5.87. The number of ether oxygens (including phenoxy) is 1. The maximum Gasteiger partial charge on any atom is 0.331 e. The number of carbonyl (C=O) groups is 2. The van der Waals surface area contributed by atoms with Crippen LogP contribution >= 0.6 is 0 Å². The molecule has 1 aliphatic heterocycles. The van der Waals surface area contributed by atoms with E-state index >= 15 is 0 Å². The van der Waals surface area contributed by atoms with Crippen molar-refractivity contribution < 1.29 is 19.2 Å². The van der Waals surface area contributed by atoms with Crippen molar-refractivity contribution >= 4 is 30.3 Å². The first kappa shape index (κ1) is 13.5. The molecule has 6 heteroatoms. The topological polar surface area (TPSA) is 65.0 Å². The SMILES string of the molecule is COc1ccc2c(c1)[Si](C)(C)C(=NOC(C)=O)C2=O. The number of ketones is 1. The predicted octanol–water partition coefficient (Wildman–Crippen LogP) is 1.27. The number of Topliss-reactive ketones (excluding diaryl/α,β-unsaturated/α-hetero) is 1. The van der Waals surface area contributed by atoms with Gasteiger partial charge in [0.1, 0.15) is 19.2 Å². The second-order valence-corrected chi connectivity index (χ2v) is 9.15. The molecule has 0 aliphatic carbocycles. The van der Waals surface area contributed by atoms with Gasteiger partial charge in [0.25, 0.3) is 0 Å². The molecule has 0 saturated carbocycles. The first-order chi connectivity index (χ1) is 8.87. The van der Waals surface area contributed by atoms with E-state index in [1.165, 1.54) is 6.92 Å². The van der Waals surface area contributed by atoms with Crippen molar-refractivity contribution in [3.63, 3.8) is 0 Å². The van der Waals surface area contributed by atoms with E-state index in [1.807, 2.05) is 19.2 Å². The molecular formula is C13H15NO4Si. The van der Waals surface area contributed by atoms with Gasteiger partial charge in [-0.25, -0.2) is 4.79 Å². The summed E-state index contributed by atoms with van der Waals surface area (Å²) >= 11 is 0. The number of rotatable bonds is 2. The lowest BCUT2D eigenvalue weighted by Crippen LogP contribution is -2.46. The zero-order valence-electron chi connectivity index (χ0n) is 11.3. The second-order valence-electron chi connectivity index (χ2n) is 4.89. The summed E-state index contributed by atoms with van der Waals surface area (Å²) in [7, 11) is -0.640. The Morgan fingerprint density at radius 1 is 1.32 bits per heavy atom. The molecule has 19 heavy (non-hydrogen) atoms. The van der Waals surface area contributed by atoms with Gasteiger partial charge >= 0.3 is 5.97 Å². The van der Waals surface area contributed by atoms with Crippen LogP contribution in [0.5, 0.6) is 5.75 Å². The number of oxime groups is 1. The monoisotopic (exact) mass is 277 g/mol. The van der Waals surface area contributed by atoms with Crippen molar-refractivity contribution in [2.75, 3.05) is 7.11 Å². The lowest BCUT2D eigenvalue weighted by atomic mass is 10.1. The average molecular weight is 277 g/mol. The lowest BCUT2D eigenvalue weighted by molar-refractivity contribution is -0.140. The van der Waals surface area contributed by atoms with Crippen molar-refractivity contribution in [1.82, 2.24) is 0 Å². The Labute approximate surface area is 112 Å². The van der Waals surface area contributed by atoms with Crippen LogP contribution in [0, 0.1) is 0 Å². The van der Waals surface area contributed by atoms with Gasteiger partial charge in [-0.2, -0.15) is 0 Å². The number of hydrogen-bond donors (Lipinski definition) is 0. The fraction of sp³-hybridized carbons (Fsp3) is 0.308. The van der Waals surface area contributed by atoms with Crippen LogP contribution in [0.4, 0.5) is 0 Å². The normalized spacial score (nSPS) is 18.3. The van der Waals surface area contributed by atoms with Gasteiger partial charge < -0.3 is 9.57 Å². The molecule has 1 aliphatic rings. The van der Waals surface area contributed by atoms with E-state index in [2.05, 4.69) is 9.99 Å². The van der Waals surface area contributed by atoms with Crippen LogP contribution in [-0.4, -0.2) is 32.3 Å². The molecule has 0 spiro atoms. The standard InChI is InChI=1S/C13H15NO4Si/c1-8(15)18-14-13-12(16)10-6-5-9(17-2)7-11(10)19(13,3)4/h5-7H,1-4H3. The molecule has 0 fully saturated rings. The molecule has 5 nitrogen and oxygen atoms in total. The van der Waals surface area contributed by atoms with Crippen molar-refractivity contribution in [3.8, 4) is 5.75 Å². The molecule has 0 saturated heterocycles. The number of hydrogen-bond acceptors (Lipinski definition) is 5. The number of benzene rings is 1. The third-order valence-electron chi connectivity index (χ3n) is 3.22. The molecule has 2 rings (SSSR count). The predicted molar refractivity (Wildman–Crippen MR) is 73.6 cm³/mol. The zero-order chi connectivity index (χ0) is 14.2. The van der Waals surface area contributed by atoms with E-state index in [9.17, 15) is 9.59 Å². The van der Waals surface area contributed by atoms with E-state index in [1.54, 1.807) is 19.2 Å². The molecule has 0 N–H and O–H groups in total. The van der Waals surface area contributed by atoms with E-state index in [0.29, 0.717) is 16.6 Å². The smallest absolute Gasteiger partial charge is 0.331 e.